The topological polar surface area (TPSA) is 104 Å². The molecule has 8 heteroatoms. The number of nitrogens with one attached hydrogen (secondary N) is 1. The summed E-state index contributed by atoms with van der Waals surface area (Å²) in [5, 5.41) is 24.6. The highest BCUT2D eigenvalue weighted by Crippen LogP contribution is 2.32. The van der Waals surface area contributed by atoms with E-state index in [0.717, 1.165) is 47.9 Å². The minimum atomic E-state index is -1.08. The average Bonchev–Trinajstić information content (AvgIpc) is 3.11. The number of hydrogen-bond donors (Lipinski definition) is 3. The Hall–Kier alpha value is -3.16. The molecule has 162 valence electrons. The first kappa shape index (κ1) is 22.5. The van der Waals surface area contributed by atoms with Gasteiger partial charge in [-0.1, -0.05) is 48.0 Å². The lowest BCUT2D eigenvalue weighted by molar-refractivity contribution is -0.143. The molecule has 4 rings (SSSR count). The first-order valence-corrected chi connectivity index (χ1v) is 10.4. The second-order valence-corrected chi connectivity index (χ2v) is 7.47. The van der Waals surface area contributed by atoms with Crippen LogP contribution in [0.25, 0.3) is 16.9 Å². The second-order valence-electron chi connectivity index (χ2n) is 7.07. The Kier molecular flexibility index (Phi) is 7.81. The SMILES string of the molecule is Clc1ccc2c(c1-n1nccc1-c1ccccc1)CCNCC2.O=C(O)CCC(=O)O. The molecule has 0 unspecified atom stereocenters. The van der Waals surface area contributed by atoms with Crippen LogP contribution >= 0.6 is 11.6 Å². The Morgan fingerprint density at radius 1 is 0.968 bits per heavy atom. The quantitative estimate of drug-likeness (QED) is 0.556. The molecule has 31 heavy (non-hydrogen) atoms. The maximum Gasteiger partial charge on any atom is 0.303 e. The van der Waals surface area contributed by atoms with Crippen LogP contribution in [0.3, 0.4) is 0 Å². The van der Waals surface area contributed by atoms with Crippen molar-refractivity contribution in [3.63, 3.8) is 0 Å². The van der Waals surface area contributed by atoms with Gasteiger partial charge in [0, 0.05) is 5.56 Å². The van der Waals surface area contributed by atoms with Gasteiger partial charge in [0.25, 0.3) is 0 Å². The summed E-state index contributed by atoms with van der Waals surface area (Å²) in [6, 6.07) is 16.5. The van der Waals surface area contributed by atoms with Crippen molar-refractivity contribution in [1.29, 1.82) is 0 Å². The van der Waals surface area contributed by atoms with Crippen LogP contribution in [0.1, 0.15) is 24.0 Å². The van der Waals surface area contributed by atoms with E-state index in [2.05, 4.69) is 28.6 Å². The molecule has 0 spiro atoms. The fraction of sp³-hybridized carbons (Fsp3) is 0.261. The molecule has 1 aliphatic rings. The zero-order valence-electron chi connectivity index (χ0n) is 16.9. The number of benzene rings is 2. The van der Waals surface area contributed by atoms with Crippen LogP contribution in [0, 0.1) is 0 Å². The third kappa shape index (κ3) is 5.93. The van der Waals surface area contributed by atoms with Crippen molar-refractivity contribution in [2.75, 3.05) is 13.1 Å². The molecule has 0 aliphatic carbocycles. The molecular weight excluding hydrogens is 418 g/mol. The van der Waals surface area contributed by atoms with E-state index >= 15 is 0 Å². The van der Waals surface area contributed by atoms with Gasteiger partial charge in [-0.05, 0) is 49.2 Å². The molecule has 0 amide bonds. The molecule has 2 aromatic carbocycles. The monoisotopic (exact) mass is 441 g/mol. The van der Waals surface area contributed by atoms with Crippen LogP contribution < -0.4 is 5.32 Å². The van der Waals surface area contributed by atoms with Gasteiger partial charge in [-0.25, -0.2) is 4.68 Å². The van der Waals surface area contributed by atoms with Crippen molar-refractivity contribution < 1.29 is 19.8 Å². The number of aliphatic carboxylic acids is 2. The molecule has 0 fully saturated rings. The second kappa shape index (κ2) is 10.7. The lowest BCUT2D eigenvalue weighted by Crippen LogP contribution is -2.16. The van der Waals surface area contributed by atoms with Gasteiger partial charge < -0.3 is 15.5 Å². The summed E-state index contributed by atoms with van der Waals surface area (Å²) >= 11 is 6.58. The smallest absolute Gasteiger partial charge is 0.303 e. The molecule has 0 saturated carbocycles. The lowest BCUT2D eigenvalue weighted by Gasteiger charge is -2.16. The normalized spacial score (nSPS) is 12.8. The van der Waals surface area contributed by atoms with Gasteiger partial charge >= 0.3 is 11.9 Å². The van der Waals surface area contributed by atoms with Crippen molar-refractivity contribution in [3.05, 3.63) is 70.9 Å². The van der Waals surface area contributed by atoms with Crippen molar-refractivity contribution >= 4 is 23.5 Å². The van der Waals surface area contributed by atoms with Crippen LogP contribution in [0.2, 0.25) is 5.02 Å². The number of rotatable bonds is 5. The molecule has 3 aromatic rings. The predicted octanol–water partition coefficient (Wildman–Crippen LogP) is 3.82. The lowest BCUT2D eigenvalue weighted by atomic mass is 10.0. The first-order chi connectivity index (χ1) is 15.0. The zero-order valence-corrected chi connectivity index (χ0v) is 17.7. The average molecular weight is 442 g/mol. The Balaban J connectivity index is 0.000000293. The Morgan fingerprint density at radius 2 is 1.65 bits per heavy atom. The molecule has 0 atom stereocenters. The highest BCUT2D eigenvalue weighted by Gasteiger charge is 2.19. The van der Waals surface area contributed by atoms with Crippen molar-refractivity contribution in [3.8, 4) is 16.9 Å². The number of fused-ring (bicyclic) bond motifs is 1. The maximum absolute atomic E-state index is 9.64. The number of aromatic nitrogens is 2. The van der Waals surface area contributed by atoms with Crippen molar-refractivity contribution in [2.45, 2.75) is 25.7 Å². The molecular formula is C23H24ClN3O4. The van der Waals surface area contributed by atoms with Gasteiger partial charge in [-0.2, -0.15) is 5.10 Å². The fourth-order valence-electron chi connectivity index (χ4n) is 3.48. The number of halogens is 1. The van der Waals surface area contributed by atoms with Crippen LogP contribution in [-0.4, -0.2) is 45.0 Å². The summed E-state index contributed by atoms with van der Waals surface area (Å²) in [5.41, 5.74) is 5.91. The molecule has 0 saturated heterocycles. The van der Waals surface area contributed by atoms with E-state index in [1.54, 1.807) is 0 Å². The molecule has 0 bridgehead atoms. The van der Waals surface area contributed by atoms with Crippen LogP contribution in [-0.2, 0) is 22.4 Å². The largest absolute Gasteiger partial charge is 0.481 e. The fourth-order valence-corrected chi connectivity index (χ4v) is 3.73. The molecule has 3 N–H and O–H groups in total. The van der Waals surface area contributed by atoms with Crippen LogP contribution in [0.4, 0.5) is 0 Å². The molecule has 1 aromatic heterocycles. The van der Waals surface area contributed by atoms with E-state index in [1.165, 1.54) is 11.1 Å². The Labute approximate surface area is 185 Å². The highest BCUT2D eigenvalue weighted by atomic mass is 35.5. The van der Waals surface area contributed by atoms with Gasteiger partial charge in [0.05, 0.1) is 35.4 Å². The standard InChI is InChI=1S/C19H18ClN3.C4H6O4/c20-17-7-6-14-8-11-21-12-9-16(14)19(17)23-18(10-13-22-23)15-4-2-1-3-5-15;5-3(6)1-2-4(7)8/h1-7,10,13,21H,8-9,11-12H2;1-2H2,(H,5,6)(H,7,8). The zero-order chi connectivity index (χ0) is 22.2. The number of nitrogens with zero attached hydrogens (tertiary/aromatic N) is 2. The molecule has 1 aliphatic heterocycles. The Morgan fingerprint density at radius 3 is 2.32 bits per heavy atom. The summed E-state index contributed by atoms with van der Waals surface area (Å²) in [5.74, 6) is -2.15. The van der Waals surface area contributed by atoms with E-state index in [0.29, 0.717) is 0 Å². The summed E-state index contributed by atoms with van der Waals surface area (Å²) in [7, 11) is 0. The Bertz CT molecular complexity index is 1040. The summed E-state index contributed by atoms with van der Waals surface area (Å²) in [6.07, 6.45) is 3.25. The van der Waals surface area contributed by atoms with Gasteiger partial charge in [-0.15, -0.1) is 0 Å². The minimum Gasteiger partial charge on any atom is -0.481 e. The molecule has 7 nitrogen and oxygen atoms in total. The van der Waals surface area contributed by atoms with E-state index in [4.69, 9.17) is 21.8 Å². The summed E-state index contributed by atoms with van der Waals surface area (Å²) in [6.45, 7) is 1.99. The van der Waals surface area contributed by atoms with Gasteiger partial charge in [-0.3, -0.25) is 9.59 Å². The van der Waals surface area contributed by atoms with Crippen molar-refractivity contribution in [2.24, 2.45) is 0 Å². The maximum atomic E-state index is 9.64. The van der Waals surface area contributed by atoms with Gasteiger partial charge in [0.15, 0.2) is 0 Å². The summed E-state index contributed by atoms with van der Waals surface area (Å²) < 4.78 is 1.99. The summed E-state index contributed by atoms with van der Waals surface area (Å²) in [4.78, 5) is 19.3. The highest BCUT2D eigenvalue weighted by molar-refractivity contribution is 6.32. The van der Waals surface area contributed by atoms with E-state index in [9.17, 15) is 9.59 Å². The molecule has 0 radical (unpaired) electrons. The number of hydrogen-bond acceptors (Lipinski definition) is 4. The molecule has 2 heterocycles. The number of carbonyl (C=O) groups is 2. The third-order valence-electron chi connectivity index (χ3n) is 4.93. The van der Waals surface area contributed by atoms with Crippen LogP contribution in [0.15, 0.2) is 54.7 Å². The predicted molar refractivity (Wildman–Crippen MR) is 119 cm³/mol. The third-order valence-corrected chi connectivity index (χ3v) is 5.24. The van der Waals surface area contributed by atoms with Gasteiger partial charge in [0.1, 0.15) is 0 Å². The van der Waals surface area contributed by atoms with Crippen LogP contribution in [0.5, 0.6) is 0 Å². The number of carboxylic acids is 2. The first-order valence-electron chi connectivity index (χ1n) is 10.0. The number of carboxylic acid groups (broad SMARTS) is 2. The van der Waals surface area contributed by atoms with E-state index < -0.39 is 11.9 Å². The van der Waals surface area contributed by atoms with E-state index in [-0.39, 0.29) is 12.8 Å². The van der Waals surface area contributed by atoms with E-state index in [1.807, 2.05) is 41.2 Å². The van der Waals surface area contributed by atoms with Gasteiger partial charge in [0.2, 0.25) is 0 Å². The van der Waals surface area contributed by atoms with Crippen molar-refractivity contribution in [1.82, 2.24) is 15.1 Å². The minimum absolute atomic E-state index is 0.296.